The SMILES string of the molecule is COc1cc(/C=C(\C#N)C(=O)Nc2ccc(C)cc2C)cc(Br)c1OCC(=O)Nc1ccc(C)cc1C. The van der Waals surface area contributed by atoms with Gasteiger partial charge in [0.25, 0.3) is 11.8 Å². The Labute approximate surface area is 225 Å². The van der Waals surface area contributed by atoms with Crippen molar-refractivity contribution < 1.29 is 19.1 Å². The number of amides is 2. The molecule has 0 fully saturated rings. The maximum Gasteiger partial charge on any atom is 0.266 e. The largest absolute Gasteiger partial charge is 0.493 e. The highest BCUT2D eigenvalue weighted by atomic mass is 79.9. The summed E-state index contributed by atoms with van der Waals surface area (Å²) in [4.78, 5) is 25.2. The number of nitrogens with one attached hydrogen (secondary N) is 2. The first-order chi connectivity index (χ1) is 17.6. The third kappa shape index (κ3) is 7.21. The Morgan fingerprint density at radius 3 is 2.08 bits per heavy atom. The summed E-state index contributed by atoms with van der Waals surface area (Å²) in [6.45, 7) is 7.53. The number of ether oxygens (including phenoxy) is 2. The predicted octanol–water partition coefficient (Wildman–Crippen LogP) is 6.25. The third-order valence-corrected chi connectivity index (χ3v) is 6.15. The molecule has 0 aliphatic carbocycles. The highest BCUT2D eigenvalue weighted by Crippen LogP contribution is 2.37. The van der Waals surface area contributed by atoms with Crippen LogP contribution < -0.4 is 20.1 Å². The normalized spacial score (nSPS) is 10.9. The van der Waals surface area contributed by atoms with Crippen LogP contribution in [0.4, 0.5) is 11.4 Å². The molecule has 0 saturated heterocycles. The van der Waals surface area contributed by atoms with Crippen LogP contribution in [0.1, 0.15) is 27.8 Å². The van der Waals surface area contributed by atoms with Gasteiger partial charge in [-0.2, -0.15) is 5.26 Å². The van der Waals surface area contributed by atoms with E-state index in [1.165, 1.54) is 13.2 Å². The van der Waals surface area contributed by atoms with E-state index in [0.29, 0.717) is 32.9 Å². The number of hydrogen-bond donors (Lipinski definition) is 2. The van der Waals surface area contributed by atoms with Gasteiger partial charge in [0.1, 0.15) is 11.6 Å². The van der Waals surface area contributed by atoms with E-state index in [1.54, 1.807) is 18.2 Å². The van der Waals surface area contributed by atoms with E-state index in [4.69, 9.17) is 9.47 Å². The second-order valence-electron chi connectivity index (χ2n) is 8.63. The van der Waals surface area contributed by atoms with Gasteiger partial charge in [-0.25, -0.2) is 0 Å². The Morgan fingerprint density at radius 1 is 0.946 bits per heavy atom. The molecule has 0 aliphatic rings. The minimum Gasteiger partial charge on any atom is -0.493 e. The number of carbonyl (C=O) groups is 2. The monoisotopic (exact) mass is 561 g/mol. The van der Waals surface area contributed by atoms with Gasteiger partial charge in [0, 0.05) is 11.4 Å². The van der Waals surface area contributed by atoms with E-state index in [0.717, 1.165) is 22.3 Å². The average Bonchev–Trinajstić information content (AvgIpc) is 2.84. The molecule has 0 saturated carbocycles. The van der Waals surface area contributed by atoms with Gasteiger partial charge in [-0.1, -0.05) is 35.4 Å². The van der Waals surface area contributed by atoms with Gasteiger partial charge < -0.3 is 20.1 Å². The van der Waals surface area contributed by atoms with E-state index in [2.05, 4.69) is 26.6 Å². The summed E-state index contributed by atoms with van der Waals surface area (Å²) in [7, 11) is 1.47. The Bertz CT molecular complexity index is 1420. The molecule has 37 heavy (non-hydrogen) atoms. The minimum atomic E-state index is -0.520. The van der Waals surface area contributed by atoms with Crippen molar-refractivity contribution in [1.29, 1.82) is 5.26 Å². The van der Waals surface area contributed by atoms with Crippen LogP contribution in [-0.2, 0) is 9.59 Å². The highest BCUT2D eigenvalue weighted by Gasteiger charge is 2.16. The second-order valence-corrected chi connectivity index (χ2v) is 9.49. The average molecular weight is 562 g/mol. The number of hydrogen-bond acceptors (Lipinski definition) is 5. The number of aryl methyl sites for hydroxylation is 4. The molecular weight excluding hydrogens is 534 g/mol. The first-order valence-electron chi connectivity index (χ1n) is 11.5. The molecule has 0 spiro atoms. The fourth-order valence-electron chi connectivity index (χ4n) is 3.70. The topological polar surface area (TPSA) is 100 Å². The van der Waals surface area contributed by atoms with Gasteiger partial charge in [-0.15, -0.1) is 0 Å². The summed E-state index contributed by atoms with van der Waals surface area (Å²) in [5, 5.41) is 15.2. The van der Waals surface area contributed by atoms with Crippen molar-refractivity contribution in [2.24, 2.45) is 0 Å². The Morgan fingerprint density at radius 2 is 1.54 bits per heavy atom. The van der Waals surface area contributed by atoms with E-state index < -0.39 is 5.91 Å². The number of carbonyl (C=O) groups excluding carboxylic acids is 2. The van der Waals surface area contributed by atoms with E-state index in [-0.39, 0.29) is 18.1 Å². The molecule has 190 valence electrons. The molecule has 0 bridgehead atoms. The number of halogens is 1. The lowest BCUT2D eigenvalue weighted by molar-refractivity contribution is -0.118. The van der Waals surface area contributed by atoms with Crippen LogP contribution in [0.3, 0.4) is 0 Å². The van der Waals surface area contributed by atoms with Crippen molar-refractivity contribution in [1.82, 2.24) is 0 Å². The standard InChI is InChI=1S/C29H28BrN3O4/c1-17-6-8-24(19(3)10-17)32-27(34)16-37-28-23(30)13-21(14-26(28)36-5)12-22(15-31)29(35)33-25-9-7-18(2)11-20(25)4/h6-14H,16H2,1-5H3,(H,32,34)(H,33,35)/b22-12+. The van der Waals surface area contributed by atoms with Crippen LogP contribution in [0.5, 0.6) is 11.5 Å². The molecule has 0 aromatic heterocycles. The second kappa shape index (κ2) is 12.2. The van der Waals surface area contributed by atoms with E-state index in [9.17, 15) is 14.9 Å². The van der Waals surface area contributed by atoms with Crippen LogP contribution in [-0.4, -0.2) is 25.5 Å². The van der Waals surface area contributed by atoms with Crippen molar-refractivity contribution in [3.05, 3.63) is 86.4 Å². The van der Waals surface area contributed by atoms with Crippen LogP contribution in [0, 0.1) is 39.0 Å². The number of benzene rings is 3. The molecule has 0 aliphatic heterocycles. The smallest absolute Gasteiger partial charge is 0.266 e. The molecule has 0 atom stereocenters. The van der Waals surface area contributed by atoms with E-state index >= 15 is 0 Å². The Kier molecular flexibility index (Phi) is 9.10. The van der Waals surface area contributed by atoms with Gasteiger partial charge >= 0.3 is 0 Å². The highest BCUT2D eigenvalue weighted by molar-refractivity contribution is 9.10. The van der Waals surface area contributed by atoms with Gasteiger partial charge in [0.05, 0.1) is 11.6 Å². The fourth-order valence-corrected chi connectivity index (χ4v) is 4.27. The summed E-state index contributed by atoms with van der Waals surface area (Å²) >= 11 is 3.44. The van der Waals surface area contributed by atoms with Crippen molar-refractivity contribution in [2.75, 3.05) is 24.4 Å². The fraction of sp³-hybridized carbons (Fsp3) is 0.207. The molecular formula is C29H28BrN3O4. The molecule has 7 nitrogen and oxygen atoms in total. The molecule has 2 amide bonds. The molecule has 3 rings (SSSR count). The van der Waals surface area contributed by atoms with Crippen molar-refractivity contribution in [3.63, 3.8) is 0 Å². The quantitative estimate of drug-likeness (QED) is 0.250. The number of rotatable bonds is 8. The van der Waals surface area contributed by atoms with Gasteiger partial charge in [0.15, 0.2) is 18.1 Å². The van der Waals surface area contributed by atoms with E-state index in [1.807, 2.05) is 64.1 Å². The lowest BCUT2D eigenvalue weighted by Crippen LogP contribution is -2.21. The van der Waals surface area contributed by atoms with Gasteiger partial charge in [0.2, 0.25) is 0 Å². The number of nitriles is 1. The number of nitrogens with zero attached hydrogens (tertiary/aromatic N) is 1. The Hall–Kier alpha value is -4.09. The zero-order valence-electron chi connectivity index (χ0n) is 21.4. The van der Waals surface area contributed by atoms with Crippen molar-refractivity contribution >= 4 is 45.2 Å². The van der Waals surface area contributed by atoms with Crippen LogP contribution in [0.15, 0.2) is 58.6 Å². The van der Waals surface area contributed by atoms with Crippen molar-refractivity contribution in [2.45, 2.75) is 27.7 Å². The van der Waals surface area contributed by atoms with Gasteiger partial charge in [-0.3, -0.25) is 9.59 Å². The first-order valence-corrected chi connectivity index (χ1v) is 12.3. The Balaban J connectivity index is 1.75. The first kappa shape index (κ1) is 27.5. The number of methoxy groups -OCH3 is 1. The zero-order valence-corrected chi connectivity index (χ0v) is 22.9. The summed E-state index contributed by atoms with van der Waals surface area (Å²) in [6.07, 6.45) is 1.46. The van der Waals surface area contributed by atoms with Gasteiger partial charge in [-0.05, 0) is 90.7 Å². The van der Waals surface area contributed by atoms with Crippen molar-refractivity contribution in [3.8, 4) is 17.6 Å². The van der Waals surface area contributed by atoms with Crippen LogP contribution in [0.25, 0.3) is 6.08 Å². The molecule has 2 N–H and O–H groups in total. The lowest BCUT2D eigenvalue weighted by atomic mass is 10.1. The summed E-state index contributed by atoms with van der Waals surface area (Å²) in [6, 6.07) is 16.7. The maximum atomic E-state index is 12.7. The maximum absolute atomic E-state index is 12.7. The molecule has 0 unspecified atom stereocenters. The van der Waals surface area contributed by atoms with Crippen LogP contribution in [0.2, 0.25) is 0 Å². The predicted molar refractivity (Wildman–Crippen MR) is 149 cm³/mol. The molecule has 3 aromatic rings. The molecule has 8 heteroatoms. The number of anilines is 2. The lowest BCUT2D eigenvalue weighted by Gasteiger charge is -2.14. The minimum absolute atomic E-state index is 0.0737. The summed E-state index contributed by atoms with van der Waals surface area (Å²) in [5.74, 6) is -0.173. The zero-order chi connectivity index (χ0) is 27.1. The van der Waals surface area contributed by atoms with Crippen LogP contribution >= 0.6 is 15.9 Å². The third-order valence-electron chi connectivity index (χ3n) is 5.56. The summed E-state index contributed by atoms with van der Waals surface area (Å²) < 4.78 is 11.7. The summed E-state index contributed by atoms with van der Waals surface area (Å²) in [5.41, 5.74) is 5.87. The molecule has 0 radical (unpaired) electrons. The molecule has 0 heterocycles. The molecule has 3 aromatic carbocycles.